The van der Waals surface area contributed by atoms with Gasteiger partial charge in [0, 0.05) is 17.5 Å². The number of rotatable bonds is 4. The summed E-state index contributed by atoms with van der Waals surface area (Å²) in [6.07, 6.45) is 5.70. The first-order valence-electron chi connectivity index (χ1n) is 7.55. The zero-order valence-corrected chi connectivity index (χ0v) is 12.3. The summed E-state index contributed by atoms with van der Waals surface area (Å²) in [5.41, 5.74) is 0.585. The number of carboxylic acids is 1. The van der Waals surface area contributed by atoms with Gasteiger partial charge in [-0.15, -0.1) is 0 Å². The minimum Gasteiger partial charge on any atom is -0.481 e. The summed E-state index contributed by atoms with van der Waals surface area (Å²) in [6.45, 7) is 0. The first-order chi connectivity index (χ1) is 10.6. The number of carbonyl (C=O) groups is 2. The summed E-state index contributed by atoms with van der Waals surface area (Å²) in [5, 5.41) is 20.1. The molecule has 6 nitrogen and oxygen atoms in total. The van der Waals surface area contributed by atoms with Crippen LogP contribution in [0.5, 0.6) is 0 Å². The van der Waals surface area contributed by atoms with E-state index in [1.54, 1.807) is 18.3 Å². The van der Waals surface area contributed by atoms with Gasteiger partial charge in [0.25, 0.3) is 0 Å². The van der Waals surface area contributed by atoms with Crippen LogP contribution in [0.25, 0.3) is 10.9 Å². The third-order valence-electron chi connectivity index (χ3n) is 4.49. The molecule has 0 saturated heterocycles. The summed E-state index contributed by atoms with van der Waals surface area (Å²) in [5.74, 6) is -1.10. The lowest BCUT2D eigenvalue weighted by Gasteiger charge is -2.32. The molecular weight excluding hydrogens is 282 g/mol. The lowest BCUT2D eigenvalue weighted by molar-refractivity contribution is -0.153. The highest BCUT2D eigenvalue weighted by molar-refractivity contribution is 5.96. The number of hydrogen-bond donors (Lipinski definition) is 3. The number of anilines is 1. The third-order valence-corrected chi connectivity index (χ3v) is 4.49. The fourth-order valence-corrected chi connectivity index (χ4v) is 3.22. The predicted molar refractivity (Wildman–Crippen MR) is 82.5 cm³/mol. The second-order valence-corrected chi connectivity index (χ2v) is 6.04. The molecule has 3 N–H and O–H groups in total. The first-order valence-corrected chi connectivity index (χ1v) is 7.55. The summed E-state index contributed by atoms with van der Waals surface area (Å²) >= 11 is 0. The van der Waals surface area contributed by atoms with E-state index >= 15 is 0 Å². The van der Waals surface area contributed by atoms with Crippen LogP contribution in [0.1, 0.15) is 38.5 Å². The summed E-state index contributed by atoms with van der Waals surface area (Å²) in [7, 11) is 0. The molecule has 116 valence electrons. The molecule has 1 aliphatic carbocycles. The molecule has 1 saturated carbocycles. The lowest BCUT2D eigenvalue weighted by atomic mass is 9.71. The van der Waals surface area contributed by atoms with Crippen LogP contribution in [0.4, 0.5) is 5.69 Å². The fourth-order valence-electron chi connectivity index (χ4n) is 3.22. The van der Waals surface area contributed by atoms with Gasteiger partial charge in [-0.3, -0.25) is 14.7 Å². The predicted octanol–water partition coefficient (Wildman–Crippen LogP) is 2.93. The van der Waals surface area contributed by atoms with Crippen LogP contribution >= 0.6 is 0 Å². The Morgan fingerprint density at radius 2 is 2.05 bits per heavy atom. The van der Waals surface area contributed by atoms with Gasteiger partial charge < -0.3 is 10.4 Å². The highest BCUT2D eigenvalue weighted by Crippen LogP contribution is 2.39. The zero-order chi connectivity index (χ0) is 15.6. The number of fused-ring (bicyclic) bond motifs is 1. The Morgan fingerprint density at radius 3 is 2.77 bits per heavy atom. The number of carboxylic acid groups (broad SMARTS) is 1. The van der Waals surface area contributed by atoms with Crippen molar-refractivity contribution < 1.29 is 14.7 Å². The maximum absolute atomic E-state index is 12.3. The van der Waals surface area contributed by atoms with Gasteiger partial charge in [-0.1, -0.05) is 19.3 Å². The number of nitrogens with zero attached hydrogens (tertiary/aromatic N) is 1. The molecule has 1 aliphatic rings. The van der Waals surface area contributed by atoms with Crippen LogP contribution in [-0.2, 0) is 9.59 Å². The van der Waals surface area contributed by atoms with Crippen LogP contribution < -0.4 is 5.32 Å². The van der Waals surface area contributed by atoms with Crippen LogP contribution in [0.15, 0.2) is 24.4 Å². The van der Waals surface area contributed by atoms with Crippen LogP contribution in [0.3, 0.4) is 0 Å². The molecule has 0 spiro atoms. The standard InChI is InChI=1S/C16H19N3O3/c20-14(9-16(15(21)22)6-2-1-3-7-16)18-12-5-4-11-10-17-19-13(11)8-12/h4-5,8,10H,1-3,6-7,9H2,(H,17,19)(H,18,20)(H,21,22). The molecule has 3 rings (SSSR count). The molecule has 22 heavy (non-hydrogen) atoms. The Kier molecular flexibility index (Phi) is 3.83. The zero-order valence-electron chi connectivity index (χ0n) is 12.3. The fraction of sp³-hybridized carbons (Fsp3) is 0.438. The second kappa shape index (κ2) is 5.79. The summed E-state index contributed by atoms with van der Waals surface area (Å²) in [6, 6.07) is 5.46. The van der Waals surface area contributed by atoms with Crippen molar-refractivity contribution in [1.29, 1.82) is 0 Å². The Labute approximate surface area is 127 Å². The molecule has 1 aromatic heterocycles. The molecule has 1 amide bonds. The molecule has 1 fully saturated rings. The lowest BCUT2D eigenvalue weighted by Crippen LogP contribution is -2.37. The van der Waals surface area contributed by atoms with Crippen LogP contribution in [0, 0.1) is 5.41 Å². The summed E-state index contributed by atoms with van der Waals surface area (Å²) < 4.78 is 0. The number of amides is 1. The molecule has 0 atom stereocenters. The molecule has 1 heterocycles. The SMILES string of the molecule is O=C(CC1(C(=O)O)CCCCC1)Nc1ccc2cn[nH]c2c1. The smallest absolute Gasteiger partial charge is 0.310 e. The normalized spacial score (nSPS) is 17.3. The van der Waals surface area contributed by atoms with Gasteiger partial charge >= 0.3 is 5.97 Å². The first kappa shape index (κ1) is 14.6. The molecule has 0 radical (unpaired) electrons. The van der Waals surface area contributed by atoms with Gasteiger partial charge in [-0.2, -0.15) is 5.10 Å². The quantitative estimate of drug-likeness (QED) is 0.809. The van der Waals surface area contributed by atoms with E-state index in [1.807, 2.05) is 6.07 Å². The van der Waals surface area contributed by atoms with Crippen molar-refractivity contribution in [3.05, 3.63) is 24.4 Å². The van der Waals surface area contributed by atoms with Gasteiger partial charge in [-0.05, 0) is 31.0 Å². The van der Waals surface area contributed by atoms with Gasteiger partial charge in [0.05, 0.1) is 17.1 Å². The second-order valence-electron chi connectivity index (χ2n) is 6.04. The number of nitrogens with one attached hydrogen (secondary N) is 2. The minimum absolute atomic E-state index is 0.0311. The maximum atomic E-state index is 12.3. The number of aromatic nitrogens is 2. The monoisotopic (exact) mass is 301 g/mol. The van der Waals surface area contributed by atoms with E-state index in [9.17, 15) is 14.7 Å². The van der Waals surface area contributed by atoms with Crippen LogP contribution in [0.2, 0.25) is 0 Å². The Balaban J connectivity index is 1.71. The Morgan fingerprint density at radius 1 is 1.27 bits per heavy atom. The number of benzene rings is 1. The topological polar surface area (TPSA) is 95.1 Å². The van der Waals surface area contributed by atoms with Gasteiger partial charge in [0.15, 0.2) is 0 Å². The molecule has 0 bridgehead atoms. The number of carbonyl (C=O) groups excluding carboxylic acids is 1. The Bertz CT molecular complexity index is 701. The van der Waals surface area contributed by atoms with E-state index in [1.165, 1.54) is 0 Å². The van der Waals surface area contributed by atoms with Crippen molar-refractivity contribution in [2.24, 2.45) is 5.41 Å². The molecule has 1 aromatic carbocycles. The summed E-state index contributed by atoms with van der Waals surface area (Å²) in [4.78, 5) is 23.9. The van der Waals surface area contributed by atoms with E-state index in [0.29, 0.717) is 18.5 Å². The average molecular weight is 301 g/mol. The van der Waals surface area contributed by atoms with E-state index in [0.717, 1.165) is 30.2 Å². The maximum Gasteiger partial charge on any atom is 0.310 e. The van der Waals surface area contributed by atoms with E-state index < -0.39 is 11.4 Å². The highest BCUT2D eigenvalue weighted by atomic mass is 16.4. The number of aliphatic carboxylic acids is 1. The van der Waals surface area contributed by atoms with Crippen molar-refractivity contribution in [3.63, 3.8) is 0 Å². The van der Waals surface area contributed by atoms with Crippen molar-refractivity contribution in [2.75, 3.05) is 5.32 Å². The largest absolute Gasteiger partial charge is 0.481 e. The van der Waals surface area contributed by atoms with Crippen molar-refractivity contribution in [1.82, 2.24) is 10.2 Å². The van der Waals surface area contributed by atoms with Crippen molar-refractivity contribution in [2.45, 2.75) is 38.5 Å². The molecule has 2 aromatic rings. The minimum atomic E-state index is -0.902. The van der Waals surface area contributed by atoms with Crippen molar-refractivity contribution >= 4 is 28.5 Å². The van der Waals surface area contributed by atoms with Gasteiger partial charge in [0.2, 0.25) is 5.91 Å². The van der Waals surface area contributed by atoms with Gasteiger partial charge in [-0.25, -0.2) is 0 Å². The highest BCUT2D eigenvalue weighted by Gasteiger charge is 2.41. The average Bonchev–Trinajstić information content (AvgIpc) is 2.95. The van der Waals surface area contributed by atoms with E-state index in [4.69, 9.17) is 0 Å². The van der Waals surface area contributed by atoms with E-state index in [-0.39, 0.29) is 12.3 Å². The molecule has 0 unspecified atom stereocenters. The molecular formula is C16H19N3O3. The Hall–Kier alpha value is -2.37. The number of hydrogen-bond acceptors (Lipinski definition) is 3. The van der Waals surface area contributed by atoms with Crippen molar-refractivity contribution in [3.8, 4) is 0 Å². The number of aromatic amines is 1. The van der Waals surface area contributed by atoms with E-state index in [2.05, 4.69) is 15.5 Å². The number of H-pyrrole nitrogens is 1. The van der Waals surface area contributed by atoms with Crippen LogP contribution in [-0.4, -0.2) is 27.2 Å². The van der Waals surface area contributed by atoms with Gasteiger partial charge in [0.1, 0.15) is 0 Å². The molecule has 6 heteroatoms. The molecule has 0 aliphatic heterocycles. The third kappa shape index (κ3) is 2.81.